The molecule has 1 atom stereocenters. The molecule has 1 unspecified atom stereocenters. The Morgan fingerprint density at radius 3 is 2.35 bits per heavy atom. The molecular weight excluding hydrogens is 304 g/mol. The smallest absolute Gasteiger partial charge is 0.333 e. The van der Waals surface area contributed by atoms with Crippen molar-refractivity contribution in [2.75, 3.05) is 21.3 Å². The van der Waals surface area contributed by atoms with E-state index in [1.807, 2.05) is 5.16 Å². The van der Waals surface area contributed by atoms with Gasteiger partial charge in [-0.1, -0.05) is 12.1 Å². The first-order chi connectivity index (χ1) is 11.0. The van der Waals surface area contributed by atoms with Crippen LogP contribution in [0.1, 0.15) is 22.2 Å². The molecule has 1 amide bonds. The van der Waals surface area contributed by atoms with Crippen LogP contribution in [0, 0.1) is 0 Å². The van der Waals surface area contributed by atoms with E-state index in [1.54, 1.807) is 24.3 Å². The molecule has 1 aromatic carbocycles. The Hall–Kier alpha value is -3.03. The molecule has 1 N–H and O–H groups in total. The molecule has 1 aromatic heterocycles. The zero-order chi connectivity index (χ0) is 17.0. The number of nitrogens with one attached hydrogen (secondary N) is 1. The van der Waals surface area contributed by atoms with Gasteiger partial charge < -0.3 is 18.9 Å². The summed E-state index contributed by atoms with van der Waals surface area (Å²) < 4.78 is 14.6. The number of likely N-dealkylation sites (N-methyl/N-ethyl adjacent to an activating group) is 1. The number of carbonyl (C=O) groups is 2. The molecule has 0 saturated heterocycles. The molecule has 0 radical (unpaired) electrons. The Morgan fingerprint density at radius 2 is 1.87 bits per heavy atom. The predicted octanol–water partition coefficient (Wildman–Crippen LogP) is 0.963. The van der Waals surface area contributed by atoms with Crippen molar-refractivity contribution < 1.29 is 23.6 Å². The summed E-state index contributed by atoms with van der Waals surface area (Å²) >= 11 is 0. The highest BCUT2D eigenvalue weighted by atomic mass is 16.5. The maximum atomic E-state index is 12.4. The van der Waals surface area contributed by atoms with Crippen molar-refractivity contribution in [2.45, 2.75) is 6.04 Å². The number of aromatic amines is 1. The monoisotopic (exact) mass is 320 g/mol. The van der Waals surface area contributed by atoms with E-state index >= 15 is 0 Å². The van der Waals surface area contributed by atoms with Gasteiger partial charge in [-0.2, -0.15) is 5.16 Å². The van der Waals surface area contributed by atoms with Crippen LogP contribution in [0.2, 0.25) is 0 Å². The second-order valence-electron chi connectivity index (χ2n) is 4.69. The molecule has 0 aliphatic carbocycles. The predicted molar refractivity (Wildman–Crippen MR) is 79.2 cm³/mol. The quantitative estimate of drug-likeness (QED) is 0.823. The van der Waals surface area contributed by atoms with Crippen LogP contribution in [-0.2, 0) is 9.53 Å². The van der Waals surface area contributed by atoms with Crippen LogP contribution in [0.3, 0.4) is 0 Å². The van der Waals surface area contributed by atoms with E-state index < -0.39 is 23.5 Å². The number of hydrogen-bond donors (Lipinski definition) is 1. The van der Waals surface area contributed by atoms with Crippen molar-refractivity contribution in [3.63, 3.8) is 0 Å². The lowest BCUT2D eigenvalue weighted by Gasteiger charge is -2.25. The molecule has 122 valence electrons. The van der Waals surface area contributed by atoms with E-state index in [0.717, 1.165) is 11.0 Å². The summed E-state index contributed by atoms with van der Waals surface area (Å²) in [4.78, 5) is 36.7. The van der Waals surface area contributed by atoms with Gasteiger partial charge in [-0.05, 0) is 17.7 Å². The second-order valence-corrected chi connectivity index (χ2v) is 4.69. The molecular formula is C15H16N2O6. The van der Waals surface area contributed by atoms with Crippen molar-refractivity contribution in [3.8, 4) is 5.75 Å². The van der Waals surface area contributed by atoms with Crippen molar-refractivity contribution >= 4 is 11.9 Å². The van der Waals surface area contributed by atoms with Crippen molar-refractivity contribution in [2.24, 2.45) is 0 Å². The average molecular weight is 320 g/mol. The van der Waals surface area contributed by atoms with Crippen molar-refractivity contribution in [1.29, 1.82) is 0 Å². The largest absolute Gasteiger partial charge is 0.497 e. The lowest BCUT2D eigenvalue weighted by Crippen LogP contribution is -2.36. The standard InChI is InChI=1S/C15H16N2O6/c1-17(14(19)11-8-12(18)16-23-11)13(15(20)22-3)9-4-6-10(21-2)7-5-9/h4-8,13H,1-3H3,(H,16,18). The van der Waals surface area contributed by atoms with Gasteiger partial charge in [0.1, 0.15) is 5.75 Å². The summed E-state index contributed by atoms with van der Waals surface area (Å²) in [7, 11) is 4.17. The highest BCUT2D eigenvalue weighted by Crippen LogP contribution is 2.24. The molecule has 0 saturated carbocycles. The first-order valence-electron chi connectivity index (χ1n) is 6.65. The van der Waals surface area contributed by atoms with Crippen LogP contribution in [0.5, 0.6) is 5.75 Å². The lowest BCUT2D eigenvalue weighted by molar-refractivity contribution is -0.145. The van der Waals surface area contributed by atoms with Gasteiger partial charge >= 0.3 is 5.97 Å². The molecule has 8 nitrogen and oxygen atoms in total. The van der Waals surface area contributed by atoms with Crippen molar-refractivity contribution in [1.82, 2.24) is 10.1 Å². The number of H-pyrrole nitrogens is 1. The molecule has 0 bridgehead atoms. The van der Waals surface area contributed by atoms with Gasteiger partial charge in [0, 0.05) is 7.05 Å². The van der Waals surface area contributed by atoms with E-state index in [4.69, 9.17) is 14.0 Å². The van der Waals surface area contributed by atoms with E-state index in [9.17, 15) is 14.4 Å². The summed E-state index contributed by atoms with van der Waals surface area (Å²) in [5.74, 6) is -0.832. The average Bonchev–Trinajstić information content (AvgIpc) is 3.01. The zero-order valence-corrected chi connectivity index (χ0v) is 12.9. The van der Waals surface area contributed by atoms with Gasteiger partial charge in [0.15, 0.2) is 6.04 Å². The Morgan fingerprint density at radius 1 is 1.22 bits per heavy atom. The summed E-state index contributed by atoms with van der Waals surface area (Å²) in [6.07, 6.45) is 0. The molecule has 2 rings (SSSR count). The number of methoxy groups -OCH3 is 2. The molecule has 2 aromatic rings. The van der Waals surface area contributed by atoms with Gasteiger partial charge in [0.2, 0.25) is 5.76 Å². The third-order valence-corrected chi connectivity index (χ3v) is 3.30. The molecule has 8 heteroatoms. The first-order valence-corrected chi connectivity index (χ1v) is 6.65. The Balaban J connectivity index is 2.35. The Labute approximate surface area is 131 Å². The highest BCUT2D eigenvalue weighted by molar-refractivity contribution is 5.94. The molecule has 23 heavy (non-hydrogen) atoms. The van der Waals surface area contributed by atoms with Gasteiger partial charge in [0.25, 0.3) is 11.5 Å². The number of amides is 1. The van der Waals surface area contributed by atoms with E-state index in [0.29, 0.717) is 11.3 Å². The summed E-state index contributed by atoms with van der Waals surface area (Å²) in [6, 6.07) is 6.66. The van der Waals surface area contributed by atoms with Crippen LogP contribution >= 0.6 is 0 Å². The van der Waals surface area contributed by atoms with E-state index in [-0.39, 0.29) is 5.76 Å². The zero-order valence-electron chi connectivity index (χ0n) is 12.9. The van der Waals surface area contributed by atoms with Gasteiger partial charge in [-0.25, -0.2) is 4.79 Å². The third kappa shape index (κ3) is 3.42. The number of ether oxygens (including phenoxy) is 2. The number of esters is 1. The first kappa shape index (κ1) is 16.3. The highest BCUT2D eigenvalue weighted by Gasteiger charge is 2.31. The minimum absolute atomic E-state index is 0.195. The fourth-order valence-corrected chi connectivity index (χ4v) is 2.10. The van der Waals surface area contributed by atoms with Gasteiger partial charge in [-0.3, -0.25) is 9.59 Å². The fraction of sp³-hybridized carbons (Fsp3) is 0.267. The minimum Gasteiger partial charge on any atom is -0.497 e. The number of carbonyl (C=O) groups excluding carboxylic acids is 2. The number of rotatable bonds is 5. The lowest BCUT2D eigenvalue weighted by atomic mass is 10.1. The molecule has 0 aliphatic heterocycles. The van der Waals surface area contributed by atoms with Crippen LogP contribution < -0.4 is 10.3 Å². The second kappa shape index (κ2) is 6.82. The minimum atomic E-state index is -0.987. The van der Waals surface area contributed by atoms with Crippen LogP contribution in [-0.4, -0.2) is 43.2 Å². The van der Waals surface area contributed by atoms with Crippen LogP contribution in [0.25, 0.3) is 0 Å². The number of nitrogens with zero attached hydrogens (tertiary/aromatic N) is 1. The van der Waals surface area contributed by atoms with Crippen LogP contribution in [0.4, 0.5) is 0 Å². The van der Waals surface area contributed by atoms with Gasteiger partial charge in [0.05, 0.1) is 20.3 Å². The van der Waals surface area contributed by atoms with Crippen molar-refractivity contribution in [3.05, 3.63) is 52.0 Å². The number of aromatic nitrogens is 1. The SMILES string of the molecule is COC(=O)C(c1ccc(OC)cc1)N(C)C(=O)c1cc(=O)[nH]o1. The number of benzene rings is 1. The number of hydrogen-bond acceptors (Lipinski definition) is 6. The molecule has 0 aliphatic rings. The van der Waals surface area contributed by atoms with E-state index in [1.165, 1.54) is 21.3 Å². The maximum absolute atomic E-state index is 12.4. The van der Waals surface area contributed by atoms with Crippen LogP contribution in [0.15, 0.2) is 39.6 Å². The topological polar surface area (TPSA) is 102 Å². The molecule has 1 heterocycles. The molecule has 0 fully saturated rings. The van der Waals surface area contributed by atoms with E-state index in [2.05, 4.69) is 0 Å². The third-order valence-electron chi connectivity index (χ3n) is 3.30. The summed E-state index contributed by atoms with van der Waals surface area (Å²) in [5.41, 5.74) is -0.00722. The van der Waals surface area contributed by atoms with Gasteiger partial charge in [-0.15, -0.1) is 0 Å². The molecule has 0 spiro atoms. The maximum Gasteiger partial charge on any atom is 0.333 e. The fourth-order valence-electron chi connectivity index (χ4n) is 2.10. The summed E-state index contributed by atoms with van der Waals surface area (Å²) in [6.45, 7) is 0. The Bertz CT molecular complexity index is 746. The summed E-state index contributed by atoms with van der Waals surface area (Å²) in [5, 5.41) is 2.03. The normalized spacial score (nSPS) is 11.6. The Kier molecular flexibility index (Phi) is 4.85.